The number of nitrogens with zero attached hydrogens (tertiary/aromatic N) is 1. The van der Waals surface area contributed by atoms with E-state index in [-0.39, 0.29) is 12.3 Å². The van der Waals surface area contributed by atoms with E-state index in [0.29, 0.717) is 33.7 Å². The molecular weight excluding hydrogens is 389 g/mol. The number of carbonyl (C=O) groups excluding carboxylic acids is 1. The summed E-state index contributed by atoms with van der Waals surface area (Å²) in [6.45, 7) is 2.31. The molecule has 0 aliphatic rings. The first-order chi connectivity index (χ1) is 13.0. The van der Waals surface area contributed by atoms with Crippen LogP contribution in [0.15, 0.2) is 41.4 Å². The third-order valence-electron chi connectivity index (χ3n) is 3.72. The van der Waals surface area contributed by atoms with Crippen LogP contribution in [0.5, 0.6) is 11.5 Å². The molecule has 2 aromatic rings. The van der Waals surface area contributed by atoms with Gasteiger partial charge in [0.2, 0.25) is 0 Å². The van der Waals surface area contributed by atoms with Crippen molar-refractivity contribution in [2.24, 2.45) is 4.99 Å². The molecule has 2 rings (SSSR count). The normalized spacial score (nSPS) is 12.2. The van der Waals surface area contributed by atoms with E-state index in [1.807, 2.05) is 6.92 Å². The Morgan fingerprint density at radius 1 is 1.19 bits per heavy atom. The highest BCUT2D eigenvalue weighted by atomic mass is 35.5. The Morgan fingerprint density at radius 2 is 1.89 bits per heavy atom. The van der Waals surface area contributed by atoms with Crippen molar-refractivity contribution in [1.29, 1.82) is 0 Å². The van der Waals surface area contributed by atoms with Gasteiger partial charge in [0.15, 0.2) is 17.3 Å². The van der Waals surface area contributed by atoms with Crippen LogP contribution in [-0.2, 0) is 9.53 Å². The second kappa shape index (κ2) is 10.3. The van der Waals surface area contributed by atoms with Gasteiger partial charge in [-0.2, -0.15) is 0 Å². The number of carbonyl (C=O) groups is 1. The highest BCUT2D eigenvalue weighted by molar-refractivity contribution is 6.32. The maximum atomic E-state index is 12.4. The Kier molecular flexibility index (Phi) is 8.10. The summed E-state index contributed by atoms with van der Waals surface area (Å²) in [6, 6.07) is 10.4. The second-order valence-electron chi connectivity index (χ2n) is 5.57. The molecule has 7 heteroatoms. The predicted octanol–water partition coefficient (Wildman–Crippen LogP) is 4.78. The Balaban J connectivity index is 2.11. The van der Waals surface area contributed by atoms with Gasteiger partial charge in [-0.05, 0) is 42.3 Å². The summed E-state index contributed by atoms with van der Waals surface area (Å²) in [7, 11) is 3.01. The van der Waals surface area contributed by atoms with Crippen molar-refractivity contribution in [3.8, 4) is 11.5 Å². The summed E-state index contributed by atoms with van der Waals surface area (Å²) in [5, 5.41) is 1.01. The molecule has 0 amide bonds. The van der Waals surface area contributed by atoms with Crippen LogP contribution in [0.25, 0.3) is 0 Å². The van der Waals surface area contributed by atoms with E-state index in [0.717, 1.165) is 5.56 Å². The van der Waals surface area contributed by atoms with Crippen LogP contribution in [-0.4, -0.2) is 39.4 Å². The minimum absolute atomic E-state index is 0.0330. The number of ketones is 1. The lowest BCUT2D eigenvalue weighted by Gasteiger charge is -2.13. The fourth-order valence-electron chi connectivity index (χ4n) is 2.54. The van der Waals surface area contributed by atoms with E-state index in [4.69, 9.17) is 37.4 Å². The van der Waals surface area contributed by atoms with E-state index >= 15 is 0 Å². The van der Waals surface area contributed by atoms with Gasteiger partial charge in [0, 0.05) is 18.3 Å². The van der Waals surface area contributed by atoms with Crippen molar-refractivity contribution < 1.29 is 19.0 Å². The quantitative estimate of drug-likeness (QED) is 0.559. The van der Waals surface area contributed by atoms with Crippen molar-refractivity contribution in [2.45, 2.75) is 13.0 Å². The number of hydrogen-bond acceptors (Lipinski definition) is 5. The van der Waals surface area contributed by atoms with Gasteiger partial charge in [-0.15, -0.1) is 0 Å². The summed E-state index contributed by atoms with van der Waals surface area (Å²) >= 11 is 12.1. The number of methoxy groups -OCH3 is 2. The maximum Gasteiger partial charge on any atom is 0.187 e. The van der Waals surface area contributed by atoms with Gasteiger partial charge >= 0.3 is 0 Å². The van der Waals surface area contributed by atoms with Gasteiger partial charge in [0.25, 0.3) is 0 Å². The monoisotopic (exact) mass is 409 g/mol. The number of ether oxygens (including phenoxy) is 3. The van der Waals surface area contributed by atoms with Gasteiger partial charge in [0.1, 0.15) is 12.6 Å². The van der Waals surface area contributed by atoms with E-state index in [1.54, 1.807) is 42.6 Å². The largest absolute Gasteiger partial charge is 0.491 e. The van der Waals surface area contributed by atoms with Gasteiger partial charge in [-0.25, -0.2) is 0 Å². The molecule has 0 saturated carbocycles. The van der Waals surface area contributed by atoms with Crippen LogP contribution < -0.4 is 9.47 Å². The van der Waals surface area contributed by atoms with Gasteiger partial charge in [-0.1, -0.05) is 35.3 Å². The minimum atomic E-state index is -0.696. The summed E-state index contributed by atoms with van der Waals surface area (Å²) < 4.78 is 16.1. The molecule has 2 aromatic carbocycles. The molecule has 1 atom stereocenters. The molecule has 0 spiro atoms. The van der Waals surface area contributed by atoms with E-state index < -0.39 is 6.10 Å². The lowest BCUT2D eigenvalue weighted by molar-refractivity contribution is -0.127. The lowest BCUT2D eigenvalue weighted by Crippen LogP contribution is -2.17. The van der Waals surface area contributed by atoms with Gasteiger partial charge in [0.05, 0.1) is 18.7 Å². The maximum absolute atomic E-state index is 12.4. The first-order valence-corrected chi connectivity index (χ1v) is 9.06. The van der Waals surface area contributed by atoms with Crippen molar-refractivity contribution in [1.82, 2.24) is 0 Å². The van der Waals surface area contributed by atoms with Crippen LogP contribution in [0.3, 0.4) is 0 Å². The SMILES string of the molecule is CCOc1cc(C=NCC(=O)C(OC)c2ccc(Cl)cc2)cc(Cl)c1OC. The van der Waals surface area contributed by atoms with Crippen LogP contribution in [0.2, 0.25) is 10.0 Å². The summed E-state index contributed by atoms with van der Waals surface area (Å²) in [6.07, 6.45) is 0.873. The zero-order valence-electron chi connectivity index (χ0n) is 15.4. The summed E-state index contributed by atoms with van der Waals surface area (Å²) in [5.74, 6) is 0.825. The fourth-order valence-corrected chi connectivity index (χ4v) is 2.96. The number of halogens is 2. The van der Waals surface area contributed by atoms with E-state index in [1.165, 1.54) is 14.2 Å². The average molecular weight is 410 g/mol. The van der Waals surface area contributed by atoms with Gasteiger partial charge in [-0.3, -0.25) is 9.79 Å². The number of Topliss-reactive ketones (excluding diaryl/α,β-unsaturated/α-hetero) is 1. The molecule has 0 bridgehead atoms. The first kappa shape index (κ1) is 21.2. The zero-order valence-corrected chi connectivity index (χ0v) is 16.9. The molecule has 0 aromatic heterocycles. The smallest absolute Gasteiger partial charge is 0.187 e. The topological polar surface area (TPSA) is 57.1 Å². The molecule has 1 unspecified atom stereocenters. The fraction of sp³-hybridized carbons (Fsp3) is 0.300. The molecule has 144 valence electrons. The Morgan fingerprint density at radius 3 is 2.48 bits per heavy atom. The highest BCUT2D eigenvalue weighted by Gasteiger charge is 2.19. The van der Waals surface area contributed by atoms with Crippen LogP contribution in [0, 0.1) is 0 Å². The van der Waals surface area contributed by atoms with Crippen LogP contribution in [0.1, 0.15) is 24.2 Å². The Bertz CT molecular complexity index is 806. The highest BCUT2D eigenvalue weighted by Crippen LogP contribution is 2.35. The average Bonchev–Trinajstić information content (AvgIpc) is 2.64. The molecule has 0 heterocycles. The number of hydrogen-bond donors (Lipinski definition) is 0. The second-order valence-corrected chi connectivity index (χ2v) is 6.41. The zero-order chi connectivity index (χ0) is 19.8. The molecule has 0 fully saturated rings. The summed E-state index contributed by atoms with van der Waals surface area (Å²) in [5.41, 5.74) is 1.44. The van der Waals surface area contributed by atoms with Gasteiger partial charge < -0.3 is 14.2 Å². The number of aliphatic imine (C=N–C) groups is 1. The van der Waals surface area contributed by atoms with E-state index in [2.05, 4.69) is 4.99 Å². The van der Waals surface area contributed by atoms with Crippen LogP contribution in [0.4, 0.5) is 0 Å². The third-order valence-corrected chi connectivity index (χ3v) is 4.26. The standard InChI is InChI=1S/C20H21Cl2NO4/c1-4-27-18-10-13(9-16(22)20(18)26-3)11-23-12-17(24)19(25-2)14-5-7-15(21)8-6-14/h5-11,19H,4,12H2,1-3H3. The lowest BCUT2D eigenvalue weighted by atomic mass is 10.1. The van der Waals surface area contributed by atoms with Crippen molar-refractivity contribution >= 4 is 35.2 Å². The van der Waals surface area contributed by atoms with Crippen molar-refractivity contribution in [3.63, 3.8) is 0 Å². The third kappa shape index (κ3) is 5.70. The molecule has 0 radical (unpaired) electrons. The Hall–Kier alpha value is -2.08. The Labute approximate surface area is 168 Å². The molecule has 0 N–H and O–H groups in total. The van der Waals surface area contributed by atoms with Crippen LogP contribution >= 0.6 is 23.2 Å². The molecule has 5 nitrogen and oxygen atoms in total. The molecule has 0 aliphatic heterocycles. The first-order valence-electron chi connectivity index (χ1n) is 8.31. The molecule has 0 saturated heterocycles. The molecular formula is C20H21Cl2NO4. The van der Waals surface area contributed by atoms with E-state index in [9.17, 15) is 4.79 Å². The number of benzene rings is 2. The summed E-state index contributed by atoms with van der Waals surface area (Å²) in [4.78, 5) is 16.7. The van der Waals surface area contributed by atoms with Crippen molar-refractivity contribution in [2.75, 3.05) is 27.4 Å². The minimum Gasteiger partial charge on any atom is -0.491 e. The number of rotatable bonds is 9. The molecule has 0 aliphatic carbocycles. The predicted molar refractivity (Wildman–Crippen MR) is 108 cm³/mol. The van der Waals surface area contributed by atoms with Crippen molar-refractivity contribution in [3.05, 3.63) is 57.6 Å². The molecule has 27 heavy (non-hydrogen) atoms.